The maximum Gasteiger partial charge on any atom is 0.0376 e. The minimum atomic E-state index is 0.232. The molecule has 2 rings (SSSR count). The molecule has 74 valence electrons. The molecule has 0 radical (unpaired) electrons. The molecule has 0 aromatic heterocycles. The van der Waals surface area contributed by atoms with Gasteiger partial charge in [0, 0.05) is 18.6 Å². The first-order valence-electron chi connectivity index (χ1n) is 5.17. The smallest absolute Gasteiger partial charge is 0.0376 e. The number of benzene rings is 1. The second-order valence-electron chi connectivity index (χ2n) is 4.22. The molecule has 1 nitrogen and oxygen atoms in total. The molecule has 1 saturated heterocycles. The summed E-state index contributed by atoms with van der Waals surface area (Å²) in [6.07, 6.45) is 3.31. The number of rotatable bonds is 3. The van der Waals surface area contributed by atoms with E-state index in [2.05, 4.69) is 54.8 Å². The third kappa shape index (κ3) is 1.60. The van der Waals surface area contributed by atoms with Gasteiger partial charge in [0.25, 0.3) is 0 Å². The maximum atomic E-state index is 3.90. The molecule has 1 heterocycles. The Hall–Kier alpha value is -1.08. The summed E-state index contributed by atoms with van der Waals surface area (Å²) in [5, 5.41) is 0. The molecule has 1 aromatic rings. The van der Waals surface area contributed by atoms with Gasteiger partial charge in [-0.3, -0.25) is 4.90 Å². The highest BCUT2D eigenvalue weighted by Gasteiger charge is 2.36. The molecule has 0 saturated carbocycles. The average Bonchev–Trinajstić information content (AvgIpc) is 2.25. The van der Waals surface area contributed by atoms with Gasteiger partial charge in [-0.1, -0.05) is 36.4 Å². The van der Waals surface area contributed by atoms with Crippen LogP contribution in [0, 0.1) is 0 Å². The van der Waals surface area contributed by atoms with E-state index in [0.29, 0.717) is 0 Å². The fourth-order valence-corrected chi connectivity index (χ4v) is 1.92. The van der Waals surface area contributed by atoms with Gasteiger partial charge in [-0.05, 0) is 18.9 Å². The molecule has 1 atom stereocenters. The van der Waals surface area contributed by atoms with E-state index in [1.165, 1.54) is 18.5 Å². The molecule has 1 fully saturated rings. The molecular formula is C13H17N. The largest absolute Gasteiger partial charge is 0.290 e. The van der Waals surface area contributed by atoms with E-state index >= 15 is 0 Å². The molecule has 1 aliphatic heterocycles. The Morgan fingerprint density at radius 2 is 2.14 bits per heavy atom. The predicted octanol–water partition coefficient (Wildman–Crippen LogP) is 2.84. The third-order valence-corrected chi connectivity index (χ3v) is 3.27. The van der Waals surface area contributed by atoms with E-state index in [-0.39, 0.29) is 5.54 Å². The van der Waals surface area contributed by atoms with E-state index < -0.39 is 0 Å². The van der Waals surface area contributed by atoms with Gasteiger partial charge in [-0.25, -0.2) is 0 Å². The molecule has 0 bridgehead atoms. The van der Waals surface area contributed by atoms with Crippen LogP contribution < -0.4 is 0 Å². The SMILES string of the molecule is C=CC1(C)CCN1Cc1ccccc1. The quantitative estimate of drug-likeness (QED) is 0.658. The summed E-state index contributed by atoms with van der Waals surface area (Å²) in [4.78, 5) is 2.47. The van der Waals surface area contributed by atoms with Crippen LogP contribution in [0.5, 0.6) is 0 Å². The zero-order valence-corrected chi connectivity index (χ0v) is 8.74. The Morgan fingerprint density at radius 1 is 1.43 bits per heavy atom. The molecule has 1 heteroatoms. The zero-order chi connectivity index (χ0) is 10.0. The first kappa shape index (κ1) is 9.47. The van der Waals surface area contributed by atoms with Crippen LogP contribution in [0.25, 0.3) is 0 Å². The predicted molar refractivity (Wildman–Crippen MR) is 60.1 cm³/mol. The topological polar surface area (TPSA) is 3.24 Å². The van der Waals surface area contributed by atoms with Gasteiger partial charge in [0.1, 0.15) is 0 Å². The van der Waals surface area contributed by atoms with Crippen molar-refractivity contribution in [3.05, 3.63) is 48.6 Å². The zero-order valence-electron chi connectivity index (χ0n) is 8.74. The highest BCUT2D eigenvalue weighted by Crippen LogP contribution is 2.32. The van der Waals surface area contributed by atoms with Crippen LogP contribution in [-0.4, -0.2) is 17.0 Å². The van der Waals surface area contributed by atoms with Gasteiger partial charge in [0.15, 0.2) is 0 Å². The Balaban J connectivity index is 2.03. The minimum absolute atomic E-state index is 0.232. The Labute approximate surface area is 86.1 Å². The van der Waals surface area contributed by atoms with Crippen LogP contribution in [0.15, 0.2) is 43.0 Å². The fourth-order valence-electron chi connectivity index (χ4n) is 1.92. The van der Waals surface area contributed by atoms with Gasteiger partial charge in [-0.15, -0.1) is 6.58 Å². The lowest BCUT2D eigenvalue weighted by Crippen LogP contribution is -2.55. The van der Waals surface area contributed by atoms with Gasteiger partial charge in [-0.2, -0.15) is 0 Å². The maximum absolute atomic E-state index is 3.90. The molecule has 0 aliphatic carbocycles. The third-order valence-electron chi connectivity index (χ3n) is 3.27. The molecule has 0 spiro atoms. The summed E-state index contributed by atoms with van der Waals surface area (Å²) in [6, 6.07) is 10.6. The van der Waals surface area contributed by atoms with Gasteiger partial charge >= 0.3 is 0 Å². The van der Waals surface area contributed by atoms with Gasteiger partial charge in [0.05, 0.1) is 0 Å². The summed E-state index contributed by atoms with van der Waals surface area (Å²) in [5.41, 5.74) is 1.62. The summed E-state index contributed by atoms with van der Waals surface area (Å²) >= 11 is 0. The van der Waals surface area contributed by atoms with E-state index in [1.54, 1.807) is 0 Å². The van der Waals surface area contributed by atoms with Crippen molar-refractivity contribution in [2.75, 3.05) is 6.54 Å². The first-order valence-corrected chi connectivity index (χ1v) is 5.17. The number of nitrogens with zero attached hydrogens (tertiary/aromatic N) is 1. The van der Waals surface area contributed by atoms with Crippen LogP contribution in [0.2, 0.25) is 0 Å². The van der Waals surface area contributed by atoms with Crippen LogP contribution in [0.4, 0.5) is 0 Å². The summed E-state index contributed by atoms with van der Waals surface area (Å²) in [6.45, 7) is 8.40. The van der Waals surface area contributed by atoms with E-state index in [9.17, 15) is 0 Å². The van der Waals surface area contributed by atoms with E-state index in [0.717, 1.165) is 6.54 Å². The fraction of sp³-hybridized carbons (Fsp3) is 0.385. The van der Waals surface area contributed by atoms with Crippen molar-refractivity contribution in [2.24, 2.45) is 0 Å². The van der Waals surface area contributed by atoms with Gasteiger partial charge in [0.2, 0.25) is 0 Å². The van der Waals surface area contributed by atoms with Crippen molar-refractivity contribution < 1.29 is 0 Å². The average molecular weight is 187 g/mol. The van der Waals surface area contributed by atoms with Crippen molar-refractivity contribution in [1.82, 2.24) is 4.90 Å². The lowest BCUT2D eigenvalue weighted by Gasteiger charge is -2.49. The second kappa shape index (κ2) is 3.58. The van der Waals surface area contributed by atoms with Crippen LogP contribution in [0.1, 0.15) is 18.9 Å². The molecule has 0 amide bonds. The molecular weight excluding hydrogens is 170 g/mol. The monoisotopic (exact) mass is 187 g/mol. The Kier molecular flexibility index (Phi) is 2.42. The Bertz CT molecular complexity index is 317. The lowest BCUT2D eigenvalue weighted by molar-refractivity contribution is 0.0322. The second-order valence-corrected chi connectivity index (χ2v) is 4.22. The van der Waals surface area contributed by atoms with Crippen LogP contribution in [-0.2, 0) is 6.54 Å². The highest BCUT2D eigenvalue weighted by molar-refractivity contribution is 5.17. The van der Waals surface area contributed by atoms with Crippen molar-refractivity contribution in [2.45, 2.75) is 25.4 Å². The van der Waals surface area contributed by atoms with Crippen LogP contribution in [0.3, 0.4) is 0 Å². The lowest BCUT2D eigenvalue weighted by atomic mass is 9.86. The van der Waals surface area contributed by atoms with Crippen molar-refractivity contribution in [1.29, 1.82) is 0 Å². The molecule has 1 unspecified atom stereocenters. The summed E-state index contributed by atoms with van der Waals surface area (Å²) < 4.78 is 0. The molecule has 1 aromatic carbocycles. The number of likely N-dealkylation sites (tertiary alicyclic amines) is 1. The van der Waals surface area contributed by atoms with E-state index in [4.69, 9.17) is 0 Å². The van der Waals surface area contributed by atoms with Gasteiger partial charge < -0.3 is 0 Å². The molecule has 1 aliphatic rings. The van der Waals surface area contributed by atoms with E-state index in [1.807, 2.05) is 0 Å². The van der Waals surface area contributed by atoms with Crippen molar-refractivity contribution >= 4 is 0 Å². The number of hydrogen-bond acceptors (Lipinski definition) is 1. The van der Waals surface area contributed by atoms with Crippen molar-refractivity contribution in [3.63, 3.8) is 0 Å². The Morgan fingerprint density at radius 3 is 2.64 bits per heavy atom. The molecule has 14 heavy (non-hydrogen) atoms. The van der Waals surface area contributed by atoms with Crippen LogP contribution >= 0.6 is 0 Å². The minimum Gasteiger partial charge on any atom is -0.290 e. The highest BCUT2D eigenvalue weighted by atomic mass is 15.2. The summed E-state index contributed by atoms with van der Waals surface area (Å²) in [7, 11) is 0. The number of hydrogen-bond donors (Lipinski definition) is 0. The first-order chi connectivity index (χ1) is 6.74. The normalized spacial score (nSPS) is 26.9. The van der Waals surface area contributed by atoms with Crippen molar-refractivity contribution in [3.8, 4) is 0 Å². The summed E-state index contributed by atoms with van der Waals surface area (Å²) in [5.74, 6) is 0. The standard InChI is InChI=1S/C13H17N/c1-3-13(2)9-10-14(13)11-12-7-5-4-6-8-12/h3-8H,1,9-11H2,2H3. The molecule has 0 N–H and O–H groups in total.